The molecule has 0 bridgehead atoms. The number of amides is 1. The first-order chi connectivity index (χ1) is 16.0. The third kappa shape index (κ3) is 5.31. The van der Waals surface area contributed by atoms with Gasteiger partial charge in [0.25, 0.3) is 0 Å². The zero-order valence-corrected chi connectivity index (χ0v) is 18.5. The van der Waals surface area contributed by atoms with E-state index < -0.39 is 12.2 Å². The van der Waals surface area contributed by atoms with Gasteiger partial charge in [-0.25, -0.2) is 4.79 Å². The zero-order chi connectivity index (χ0) is 23.2. The molecule has 0 saturated carbocycles. The minimum absolute atomic E-state index is 0.00456. The van der Waals surface area contributed by atoms with Crippen molar-refractivity contribution < 1.29 is 19.4 Å². The Bertz CT molecular complexity index is 1270. The number of carbonyl (C=O) groups is 1. The number of aliphatic hydroxyl groups is 1. The van der Waals surface area contributed by atoms with Crippen molar-refractivity contribution in [1.29, 1.82) is 5.41 Å². The topological polar surface area (TPSA) is 118 Å². The summed E-state index contributed by atoms with van der Waals surface area (Å²) in [5.41, 5.74) is 7.59. The second-order valence-electron chi connectivity index (χ2n) is 7.25. The van der Waals surface area contributed by atoms with Gasteiger partial charge in [-0.3, -0.25) is 10.7 Å². The molecular weight excluding hydrogens is 438 g/mol. The lowest BCUT2D eigenvalue weighted by molar-refractivity contribution is 0.0910. The van der Waals surface area contributed by atoms with E-state index in [2.05, 4.69) is 5.32 Å². The molecule has 0 aliphatic heterocycles. The number of para-hydroxylation sites is 1. The Labute approximate surface area is 194 Å². The molecule has 7 nitrogen and oxygen atoms in total. The van der Waals surface area contributed by atoms with E-state index in [9.17, 15) is 9.90 Å². The van der Waals surface area contributed by atoms with Gasteiger partial charge in [0.2, 0.25) is 0 Å². The van der Waals surface area contributed by atoms with Crippen LogP contribution in [0.2, 0.25) is 0 Å². The van der Waals surface area contributed by atoms with Crippen LogP contribution in [0.25, 0.3) is 10.1 Å². The summed E-state index contributed by atoms with van der Waals surface area (Å²) in [6, 6.07) is 24.0. The van der Waals surface area contributed by atoms with Crippen LogP contribution in [0.3, 0.4) is 0 Å². The van der Waals surface area contributed by atoms with Crippen LogP contribution in [0.4, 0.5) is 10.5 Å². The fraction of sp³-hybridized carbons (Fsp3) is 0.120. The number of anilines is 1. The second-order valence-corrected chi connectivity index (χ2v) is 8.33. The molecule has 0 radical (unpaired) electrons. The van der Waals surface area contributed by atoms with Gasteiger partial charge in [0, 0.05) is 21.3 Å². The highest BCUT2D eigenvalue weighted by atomic mass is 32.1. The quantitative estimate of drug-likeness (QED) is 0.216. The number of amidine groups is 1. The monoisotopic (exact) mass is 461 g/mol. The van der Waals surface area contributed by atoms with Crippen LogP contribution in [0, 0.1) is 5.41 Å². The second kappa shape index (κ2) is 10.2. The van der Waals surface area contributed by atoms with Gasteiger partial charge in [-0.2, -0.15) is 0 Å². The average molecular weight is 462 g/mol. The average Bonchev–Trinajstić information content (AvgIpc) is 3.28. The van der Waals surface area contributed by atoms with Crippen molar-refractivity contribution in [2.75, 3.05) is 11.9 Å². The number of rotatable bonds is 8. The number of hydrogen-bond donors (Lipinski definition) is 4. The molecule has 0 aliphatic carbocycles. The Hall–Kier alpha value is -3.88. The molecule has 1 unspecified atom stereocenters. The molecule has 8 heteroatoms. The van der Waals surface area contributed by atoms with Crippen molar-refractivity contribution in [1.82, 2.24) is 0 Å². The number of nitrogens with two attached hydrogens (primary N) is 1. The number of nitrogen functional groups attached to an aromatic ring is 1. The van der Waals surface area contributed by atoms with Crippen molar-refractivity contribution in [3.63, 3.8) is 0 Å². The molecule has 0 spiro atoms. The van der Waals surface area contributed by atoms with E-state index in [0.29, 0.717) is 21.9 Å². The summed E-state index contributed by atoms with van der Waals surface area (Å²) < 4.78 is 12.7. The number of hydrogen-bond acceptors (Lipinski definition) is 6. The first-order valence-electron chi connectivity index (χ1n) is 10.3. The van der Waals surface area contributed by atoms with Crippen molar-refractivity contribution in [3.8, 4) is 5.75 Å². The molecule has 4 aromatic rings. The van der Waals surface area contributed by atoms with Gasteiger partial charge in [-0.1, -0.05) is 54.6 Å². The molecule has 168 valence electrons. The molecule has 0 aliphatic rings. The summed E-state index contributed by atoms with van der Waals surface area (Å²) >= 11 is 1.42. The molecule has 1 heterocycles. The first kappa shape index (κ1) is 22.3. The molecule has 0 fully saturated rings. The molecule has 1 amide bonds. The van der Waals surface area contributed by atoms with Crippen molar-refractivity contribution in [2.45, 2.75) is 12.7 Å². The van der Waals surface area contributed by atoms with E-state index in [-0.39, 0.29) is 19.0 Å². The van der Waals surface area contributed by atoms with E-state index in [0.717, 1.165) is 15.6 Å². The van der Waals surface area contributed by atoms with Crippen LogP contribution in [-0.2, 0) is 11.3 Å². The summed E-state index contributed by atoms with van der Waals surface area (Å²) in [5.74, 6) is 0.615. The van der Waals surface area contributed by atoms with Crippen LogP contribution in [-0.4, -0.2) is 23.6 Å². The van der Waals surface area contributed by atoms with Gasteiger partial charge in [0.15, 0.2) is 6.10 Å². The molecular formula is C25H23N3O4S. The van der Waals surface area contributed by atoms with E-state index in [1.165, 1.54) is 11.3 Å². The fourth-order valence-corrected chi connectivity index (χ4v) is 4.31. The van der Waals surface area contributed by atoms with Crippen molar-refractivity contribution >= 4 is 39.0 Å². The summed E-state index contributed by atoms with van der Waals surface area (Å²) in [6.45, 7) is -0.226. The summed E-state index contributed by atoms with van der Waals surface area (Å²) in [7, 11) is 0. The van der Waals surface area contributed by atoms with Gasteiger partial charge in [0.05, 0.1) is 11.5 Å². The van der Waals surface area contributed by atoms with Crippen LogP contribution in [0.5, 0.6) is 5.75 Å². The Morgan fingerprint density at radius 1 is 1.06 bits per heavy atom. The number of fused-ring (bicyclic) bond motifs is 1. The van der Waals surface area contributed by atoms with Gasteiger partial charge >= 0.3 is 6.09 Å². The number of nitrogens with one attached hydrogen (secondary N) is 2. The summed E-state index contributed by atoms with van der Waals surface area (Å²) in [4.78, 5) is 13.1. The van der Waals surface area contributed by atoms with Gasteiger partial charge in [-0.15, -0.1) is 11.3 Å². The highest BCUT2D eigenvalue weighted by Crippen LogP contribution is 2.35. The predicted molar refractivity (Wildman–Crippen MR) is 130 cm³/mol. The van der Waals surface area contributed by atoms with Crippen LogP contribution in [0.1, 0.15) is 22.1 Å². The minimum Gasteiger partial charge on any atom is -0.481 e. The number of carbonyl (C=O) groups excluding carboxylic acids is 1. The standard InChI is InChI=1S/C25H23N3O4S/c26-24(27)23-13-18-20(11-6-12-22(18)33-23)32-21(16-7-2-1-3-8-16)15-31-25(30)28-19-10-5-4-9-17(19)14-29/h1-13,21,29H,14-15H2,(H3,26,27)(H,28,30). The van der Waals surface area contributed by atoms with Crippen molar-refractivity contribution in [3.05, 3.63) is 94.9 Å². The Kier molecular flexibility index (Phi) is 6.87. The zero-order valence-electron chi connectivity index (χ0n) is 17.7. The Morgan fingerprint density at radius 3 is 2.58 bits per heavy atom. The van der Waals surface area contributed by atoms with E-state index in [1.807, 2.05) is 54.6 Å². The highest BCUT2D eigenvalue weighted by Gasteiger charge is 2.19. The normalized spacial score (nSPS) is 11.7. The maximum atomic E-state index is 12.5. The van der Waals surface area contributed by atoms with Gasteiger partial charge in [0.1, 0.15) is 18.2 Å². The largest absolute Gasteiger partial charge is 0.481 e. The predicted octanol–water partition coefficient (Wildman–Crippen LogP) is 5.05. The maximum Gasteiger partial charge on any atom is 0.411 e. The van der Waals surface area contributed by atoms with Crippen molar-refractivity contribution in [2.24, 2.45) is 5.73 Å². The Balaban J connectivity index is 1.54. The van der Waals surface area contributed by atoms with Crippen LogP contribution >= 0.6 is 11.3 Å². The van der Waals surface area contributed by atoms with Crippen LogP contribution < -0.4 is 15.8 Å². The molecule has 0 saturated heterocycles. The molecule has 4 rings (SSSR count). The van der Waals surface area contributed by atoms with Crippen LogP contribution in [0.15, 0.2) is 78.9 Å². The molecule has 3 aromatic carbocycles. The number of thiophene rings is 1. The number of ether oxygens (including phenoxy) is 2. The molecule has 33 heavy (non-hydrogen) atoms. The molecule has 1 aromatic heterocycles. The first-order valence-corrected chi connectivity index (χ1v) is 11.1. The van der Waals surface area contributed by atoms with E-state index in [1.54, 1.807) is 24.3 Å². The third-order valence-electron chi connectivity index (χ3n) is 5.02. The number of benzene rings is 3. The maximum absolute atomic E-state index is 12.5. The fourth-order valence-electron chi connectivity index (χ4n) is 3.37. The lowest BCUT2D eigenvalue weighted by atomic mass is 10.1. The number of aliphatic hydroxyl groups excluding tert-OH is 1. The smallest absolute Gasteiger partial charge is 0.411 e. The van der Waals surface area contributed by atoms with E-state index in [4.69, 9.17) is 20.6 Å². The minimum atomic E-state index is -0.645. The lowest BCUT2D eigenvalue weighted by Crippen LogP contribution is -2.21. The van der Waals surface area contributed by atoms with Gasteiger partial charge in [-0.05, 0) is 29.8 Å². The SMILES string of the molecule is N=C(N)c1cc2c(OC(COC(=O)Nc3ccccc3CO)c3ccccc3)cccc2s1. The summed E-state index contributed by atoms with van der Waals surface area (Å²) in [5, 5.41) is 20.7. The Morgan fingerprint density at radius 2 is 1.82 bits per heavy atom. The molecule has 5 N–H and O–H groups in total. The van der Waals surface area contributed by atoms with Gasteiger partial charge < -0.3 is 20.3 Å². The lowest BCUT2D eigenvalue weighted by Gasteiger charge is -2.20. The third-order valence-corrected chi connectivity index (χ3v) is 6.15. The highest BCUT2D eigenvalue weighted by molar-refractivity contribution is 7.20. The molecule has 1 atom stereocenters. The van der Waals surface area contributed by atoms with E-state index >= 15 is 0 Å². The summed E-state index contributed by atoms with van der Waals surface area (Å²) in [6.07, 6.45) is -1.20.